The average Bonchev–Trinajstić information content (AvgIpc) is 3.25. The number of nitrogens with one attached hydrogen (secondary N) is 1. The highest BCUT2D eigenvalue weighted by atomic mass is 19.1. The van der Waals surface area contributed by atoms with Crippen molar-refractivity contribution in [3.05, 3.63) is 89.9 Å². The second kappa shape index (κ2) is 9.15. The Kier molecular flexibility index (Phi) is 5.73. The topological polar surface area (TPSA) is 102 Å². The van der Waals surface area contributed by atoms with Gasteiger partial charge in [-0.25, -0.2) is 18.7 Å². The third-order valence-electron chi connectivity index (χ3n) is 5.37. The fourth-order valence-corrected chi connectivity index (χ4v) is 3.68. The lowest BCUT2D eigenvalue weighted by molar-refractivity contribution is 0.413. The number of hydrogen-bond donors (Lipinski definition) is 1. The first-order valence-corrected chi connectivity index (χ1v) is 10.5. The number of methoxy groups -OCH3 is 1. The number of hydrogen-bond acceptors (Lipinski definition) is 7. The number of halogens is 2. The van der Waals surface area contributed by atoms with Crippen LogP contribution in [0.4, 0.5) is 20.3 Å². The van der Waals surface area contributed by atoms with Crippen molar-refractivity contribution >= 4 is 22.4 Å². The van der Waals surface area contributed by atoms with Crippen molar-refractivity contribution in [2.24, 2.45) is 0 Å². The molecule has 0 amide bonds. The molecule has 10 heteroatoms. The molecule has 0 spiro atoms. The number of nitriles is 1. The van der Waals surface area contributed by atoms with Crippen LogP contribution in [0, 0.1) is 23.0 Å². The summed E-state index contributed by atoms with van der Waals surface area (Å²) in [6.45, 7) is -0.178. The van der Waals surface area contributed by atoms with E-state index in [0.29, 0.717) is 34.0 Å². The molecule has 0 bridgehead atoms. The lowest BCUT2D eigenvalue weighted by Gasteiger charge is -2.10. The van der Waals surface area contributed by atoms with E-state index in [1.54, 1.807) is 42.7 Å². The highest BCUT2D eigenvalue weighted by molar-refractivity contribution is 5.92. The molecule has 8 nitrogen and oxygen atoms in total. The summed E-state index contributed by atoms with van der Waals surface area (Å²) in [5.74, 6) is -0.472. The smallest absolute Gasteiger partial charge is 0.183 e. The predicted molar refractivity (Wildman–Crippen MR) is 125 cm³/mol. The van der Waals surface area contributed by atoms with E-state index in [4.69, 9.17) is 10.00 Å². The van der Waals surface area contributed by atoms with Crippen LogP contribution in [0.15, 0.2) is 67.1 Å². The minimum absolute atomic E-state index is 0.0874. The van der Waals surface area contributed by atoms with Crippen LogP contribution in [-0.2, 0) is 6.54 Å². The van der Waals surface area contributed by atoms with Gasteiger partial charge in [0.05, 0.1) is 37.0 Å². The highest BCUT2D eigenvalue weighted by Crippen LogP contribution is 2.31. The van der Waals surface area contributed by atoms with Crippen molar-refractivity contribution in [1.82, 2.24) is 24.7 Å². The SMILES string of the molecule is COc1cnc(-c2nn(Cc3c(F)cc(C#N)cc3F)c3ccccc23)nc1Nc1ccncc1. The molecule has 0 radical (unpaired) electrons. The molecule has 172 valence electrons. The van der Waals surface area contributed by atoms with E-state index < -0.39 is 11.6 Å². The normalized spacial score (nSPS) is 10.8. The summed E-state index contributed by atoms with van der Waals surface area (Å²) < 4.78 is 36.0. The summed E-state index contributed by atoms with van der Waals surface area (Å²) in [5, 5.41) is 17.4. The fraction of sp³-hybridized carbons (Fsp3) is 0.0800. The maximum atomic E-state index is 14.6. The van der Waals surface area contributed by atoms with Crippen molar-refractivity contribution in [1.29, 1.82) is 5.26 Å². The lowest BCUT2D eigenvalue weighted by Crippen LogP contribution is -2.07. The number of ether oxygens (including phenoxy) is 1. The van der Waals surface area contributed by atoms with Gasteiger partial charge in [0, 0.05) is 29.0 Å². The zero-order valence-electron chi connectivity index (χ0n) is 18.4. The summed E-state index contributed by atoms with van der Waals surface area (Å²) in [6, 6.07) is 14.6. The molecule has 0 fully saturated rings. The van der Waals surface area contributed by atoms with Crippen LogP contribution < -0.4 is 10.1 Å². The van der Waals surface area contributed by atoms with Crippen molar-refractivity contribution in [2.75, 3.05) is 12.4 Å². The van der Waals surface area contributed by atoms with E-state index in [9.17, 15) is 8.78 Å². The molecule has 3 aromatic heterocycles. The monoisotopic (exact) mass is 469 g/mol. The second-order valence-corrected chi connectivity index (χ2v) is 7.53. The van der Waals surface area contributed by atoms with Gasteiger partial charge in [-0.05, 0) is 30.3 Å². The molecule has 0 aliphatic rings. The van der Waals surface area contributed by atoms with Gasteiger partial charge in [-0.2, -0.15) is 10.4 Å². The number of pyridine rings is 1. The van der Waals surface area contributed by atoms with Crippen LogP contribution in [0.5, 0.6) is 5.75 Å². The van der Waals surface area contributed by atoms with Crippen molar-refractivity contribution < 1.29 is 13.5 Å². The summed E-state index contributed by atoms with van der Waals surface area (Å²) in [5.41, 5.74) is 1.56. The first-order valence-electron chi connectivity index (χ1n) is 10.5. The molecule has 0 unspecified atom stereocenters. The summed E-state index contributed by atoms with van der Waals surface area (Å²) >= 11 is 0. The van der Waals surface area contributed by atoms with Crippen LogP contribution in [0.2, 0.25) is 0 Å². The largest absolute Gasteiger partial charge is 0.491 e. The van der Waals surface area contributed by atoms with Gasteiger partial charge < -0.3 is 10.1 Å². The van der Waals surface area contributed by atoms with Gasteiger partial charge in [-0.3, -0.25) is 9.67 Å². The number of rotatable bonds is 6. The molecule has 35 heavy (non-hydrogen) atoms. The number of benzene rings is 2. The molecule has 0 saturated carbocycles. The highest BCUT2D eigenvalue weighted by Gasteiger charge is 2.19. The van der Waals surface area contributed by atoms with Gasteiger partial charge in [0.15, 0.2) is 17.4 Å². The van der Waals surface area contributed by atoms with Crippen molar-refractivity contribution in [3.8, 4) is 23.3 Å². The molecule has 0 aliphatic carbocycles. The molecular weight excluding hydrogens is 452 g/mol. The Bertz CT molecular complexity index is 1560. The third-order valence-corrected chi connectivity index (χ3v) is 5.37. The zero-order chi connectivity index (χ0) is 24.4. The zero-order valence-corrected chi connectivity index (χ0v) is 18.4. The second-order valence-electron chi connectivity index (χ2n) is 7.53. The Morgan fingerprint density at radius 3 is 2.54 bits per heavy atom. The fourth-order valence-electron chi connectivity index (χ4n) is 3.68. The van der Waals surface area contributed by atoms with Crippen molar-refractivity contribution in [2.45, 2.75) is 6.54 Å². The minimum Gasteiger partial charge on any atom is -0.491 e. The summed E-state index contributed by atoms with van der Waals surface area (Å²) in [6.07, 6.45) is 4.82. The molecule has 5 rings (SSSR count). The van der Waals surface area contributed by atoms with Gasteiger partial charge in [-0.15, -0.1) is 0 Å². The van der Waals surface area contributed by atoms with Crippen LogP contribution in [0.25, 0.3) is 22.4 Å². The number of aromatic nitrogens is 5. The first-order chi connectivity index (χ1) is 17.1. The summed E-state index contributed by atoms with van der Waals surface area (Å²) in [4.78, 5) is 13.0. The third kappa shape index (κ3) is 4.22. The molecule has 1 N–H and O–H groups in total. The Morgan fingerprint density at radius 1 is 1.09 bits per heavy atom. The molecule has 2 aromatic carbocycles. The molecular formula is C25H17F2N7O. The molecule has 0 atom stereocenters. The van der Waals surface area contributed by atoms with Crippen molar-refractivity contribution in [3.63, 3.8) is 0 Å². The maximum Gasteiger partial charge on any atom is 0.183 e. The van der Waals surface area contributed by atoms with Crippen LogP contribution in [-0.4, -0.2) is 31.8 Å². The number of nitrogens with zero attached hydrogens (tertiary/aromatic N) is 6. The van der Waals surface area contributed by atoms with Gasteiger partial charge >= 0.3 is 0 Å². The molecule has 5 aromatic rings. The van der Waals surface area contributed by atoms with E-state index >= 15 is 0 Å². The Hall–Kier alpha value is -4.91. The standard InChI is InChI=1S/C25H17F2N7O/c1-35-22-13-30-25(32-24(22)31-16-6-8-29-9-7-16)23-17-4-2-3-5-21(17)34(33-23)14-18-19(26)10-15(12-28)11-20(18)27/h2-11,13H,14H2,1H3,(H,29,30,31,32). The van der Waals surface area contributed by atoms with Crippen LogP contribution >= 0.6 is 0 Å². The average molecular weight is 469 g/mol. The Balaban J connectivity index is 1.59. The first kappa shape index (κ1) is 21.9. The van der Waals surface area contributed by atoms with E-state index in [2.05, 4.69) is 25.4 Å². The van der Waals surface area contributed by atoms with E-state index in [-0.39, 0.29) is 17.7 Å². The quantitative estimate of drug-likeness (QED) is 0.380. The number of para-hydroxylation sites is 1. The molecule has 0 aliphatic heterocycles. The number of anilines is 2. The van der Waals surface area contributed by atoms with Gasteiger partial charge in [0.1, 0.15) is 17.3 Å². The van der Waals surface area contributed by atoms with Gasteiger partial charge in [0.2, 0.25) is 0 Å². The van der Waals surface area contributed by atoms with Crippen LogP contribution in [0.1, 0.15) is 11.1 Å². The Morgan fingerprint density at radius 2 is 1.83 bits per heavy atom. The van der Waals surface area contributed by atoms with E-state index in [0.717, 1.165) is 17.8 Å². The molecule has 0 saturated heterocycles. The predicted octanol–water partition coefficient (Wildman–Crippen LogP) is 4.84. The maximum absolute atomic E-state index is 14.6. The minimum atomic E-state index is -0.813. The molecule has 3 heterocycles. The number of fused-ring (bicyclic) bond motifs is 1. The summed E-state index contributed by atoms with van der Waals surface area (Å²) in [7, 11) is 1.51. The Labute approximate surface area is 198 Å². The lowest BCUT2D eigenvalue weighted by atomic mass is 10.1. The van der Waals surface area contributed by atoms with Gasteiger partial charge in [0.25, 0.3) is 0 Å². The van der Waals surface area contributed by atoms with E-state index in [1.807, 2.05) is 12.1 Å². The van der Waals surface area contributed by atoms with Crippen LogP contribution in [0.3, 0.4) is 0 Å². The van der Waals surface area contributed by atoms with Gasteiger partial charge in [-0.1, -0.05) is 18.2 Å². The van der Waals surface area contributed by atoms with E-state index in [1.165, 1.54) is 18.0 Å².